The molecule has 0 aliphatic rings. The van der Waals surface area contributed by atoms with Crippen molar-refractivity contribution in [1.82, 2.24) is 0 Å². The Morgan fingerprint density at radius 2 is 1.06 bits per heavy atom. The molecule has 3 heteroatoms. The maximum absolute atomic E-state index is 10.3. The smallest absolute Gasteiger partial charge is 0.303 e. The lowest BCUT2D eigenvalue weighted by atomic mass is 10.1. The third kappa shape index (κ3) is 15.8. The van der Waals surface area contributed by atoms with E-state index in [4.69, 9.17) is 5.11 Å². The van der Waals surface area contributed by atoms with Crippen molar-refractivity contribution in [1.29, 1.82) is 0 Å². The fourth-order valence-electron chi connectivity index (χ4n) is 1.98. The SMILES string of the molecule is O=C(O)CCCCCCCCCCCCCS. The highest BCUT2D eigenvalue weighted by Gasteiger charge is 1.96. The van der Waals surface area contributed by atoms with Gasteiger partial charge in [-0.25, -0.2) is 0 Å². The standard InChI is InChI=1S/C14H28O2S/c15-14(16)12-10-8-6-4-2-1-3-5-7-9-11-13-17/h17H,1-13H2,(H,15,16). The van der Waals surface area contributed by atoms with Gasteiger partial charge in [0, 0.05) is 6.42 Å². The molecule has 17 heavy (non-hydrogen) atoms. The quantitative estimate of drug-likeness (QED) is 0.372. The Morgan fingerprint density at radius 1 is 0.706 bits per heavy atom. The Morgan fingerprint density at radius 3 is 1.41 bits per heavy atom. The zero-order chi connectivity index (χ0) is 12.8. The molecule has 0 amide bonds. The van der Waals surface area contributed by atoms with Gasteiger partial charge in [0.25, 0.3) is 0 Å². The molecule has 0 bridgehead atoms. The van der Waals surface area contributed by atoms with E-state index in [0.717, 1.165) is 18.6 Å². The van der Waals surface area contributed by atoms with Crippen LogP contribution in [0.25, 0.3) is 0 Å². The highest BCUT2D eigenvalue weighted by atomic mass is 32.1. The molecule has 0 heterocycles. The van der Waals surface area contributed by atoms with Gasteiger partial charge in [0.15, 0.2) is 0 Å². The number of hydrogen-bond donors (Lipinski definition) is 2. The third-order valence-electron chi connectivity index (χ3n) is 3.05. The molecule has 102 valence electrons. The van der Waals surface area contributed by atoms with Crippen molar-refractivity contribution in [3.63, 3.8) is 0 Å². The number of carboxylic acid groups (broad SMARTS) is 1. The van der Waals surface area contributed by atoms with Crippen LogP contribution in [-0.2, 0) is 4.79 Å². The summed E-state index contributed by atoms with van der Waals surface area (Å²) >= 11 is 4.20. The number of carbonyl (C=O) groups is 1. The first-order valence-corrected chi connectivity index (χ1v) is 7.73. The molecule has 2 nitrogen and oxygen atoms in total. The van der Waals surface area contributed by atoms with E-state index in [0.29, 0.717) is 6.42 Å². The second-order valence-corrected chi connectivity index (χ2v) is 5.20. The lowest BCUT2D eigenvalue weighted by Gasteiger charge is -2.02. The van der Waals surface area contributed by atoms with E-state index >= 15 is 0 Å². The topological polar surface area (TPSA) is 37.3 Å². The average molecular weight is 260 g/mol. The van der Waals surface area contributed by atoms with E-state index in [2.05, 4.69) is 12.6 Å². The summed E-state index contributed by atoms with van der Waals surface area (Å²) in [6.45, 7) is 0. The second kappa shape index (κ2) is 13.9. The van der Waals surface area contributed by atoms with Gasteiger partial charge in [-0.1, -0.05) is 57.8 Å². The largest absolute Gasteiger partial charge is 0.481 e. The van der Waals surface area contributed by atoms with E-state index in [-0.39, 0.29) is 0 Å². The van der Waals surface area contributed by atoms with Crippen LogP contribution in [0.4, 0.5) is 0 Å². The van der Waals surface area contributed by atoms with Crippen molar-refractivity contribution >= 4 is 18.6 Å². The van der Waals surface area contributed by atoms with Crippen molar-refractivity contribution < 1.29 is 9.90 Å². The highest BCUT2D eigenvalue weighted by molar-refractivity contribution is 7.80. The second-order valence-electron chi connectivity index (χ2n) is 4.76. The molecule has 0 fully saturated rings. The lowest BCUT2D eigenvalue weighted by Crippen LogP contribution is -1.93. The molecule has 0 aromatic rings. The van der Waals surface area contributed by atoms with Crippen LogP contribution in [-0.4, -0.2) is 16.8 Å². The summed E-state index contributed by atoms with van der Waals surface area (Å²) in [6, 6.07) is 0. The van der Waals surface area contributed by atoms with Crippen molar-refractivity contribution in [3.8, 4) is 0 Å². The van der Waals surface area contributed by atoms with Crippen LogP contribution in [0.3, 0.4) is 0 Å². The normalized spacial score (nSPS) is 10.6. The zero-order valence-electron chi connectivity index (χ0n) is 11.0. The maximum atomic E-state index is 10.3. The molecule has 0 rings (SSSR count). The molecule has 1 N–H and O–H groups in total. The summed E-state index contributed by atoms with van der Waals surface area (Å²) in [7, 11) is 0. The number of carboxylic acids is 1. The average Bonchev–Trinajstić information content (AvgIpc) is 2.30. The highest BCUT2D eigenvalue weighted by Crippen LogP contribution is 2.12. The maximum Gasteiger partial charge on any atom is 0.303 e. The summed E-state index contributed by atoms with van der Waals surface area (Å²) in [6.07, 6.45) is 14.1. The van der Waals surface area contributed by atoms with Gasteiger partial charge in [-0.05, 0) is 18.6 Å². The van der Waals surface area contributed by atoms with Gasteiger partial charge < -0.3 is 5.11 Å². The Balaban J connectivity index is 2.91. The summed E-state index contributed by atoms with van der Waals surface area (Å²) in [5, 5.41) is 8.47. The van der Waals surface area contributed by atoms with Gasteiger partial charge >= 0.3 is 5.97 Å². The van der Waals surface area contributed by atoms with Crippen molar-refractivity contribution in [2.24, 2.45) is 0 Å². The Labute approximate surface area is 112 Å². The summed E-state index contributed by atoms with van der Waals surface area (Å²) in [4.78, 5) is 10.3. The predicted octanol–water partition coefficient (Wildman–Crippen LogP) is 4.68. The van der Waals surface area contributed by atoms with E-state index in [1.807, 2.05) is 0 Å². The summed E-state index contributed by atoms with van der Waals surface area (Å²) in [5.41, 5.74) is 0. The predicted molar refractivity (Wildman–Crippen MR) is 76.9 cm³/mol. The molecular formula is C14H28O2S. The van der Waals surface area contributed by atoms with Crippen LogP contribution < -0.4 is 0 Å². The van der Waals surface area contributed by atoms with Crippen molar-refractivity contribution in [2.75, 3.05) is 5.75 Å². The van der Waals surface area contributed by atoms with Gasteiger partial charge in [-0.2, -0.15) is 12.6 Å². The molecular weight excluding hydrogens is 232 g/mol. The lowest BCUT2D eigenvalue weighted by molar-refractivity contribution is -0.137. The van der Waals surface area contributed by atoms with Crippen LogP contribution in [0.5, 0.6) is 0 Å². The van der Waals surface area contributed by atoms with Gasteiger partial charge in [0.05, 0.1) is 0 Å². The van der Waals surface area contributed by atoms with Gasteiger partial charge in [0.1, 0.15) is 0 Å². The molecule has 0 aliphatic carbocycles. The van der Waals surface area contributed by atoms with Crippen molar-refractivity contribution in [2.45, 2.75) is 77.0 Å². The van der Waals surface area contributed by atoms with E-state index in [1.54, 1.807) is 0 Å². The number of hydrogen-bond acceptors (Lipinski definition) is 2. The first-order valence-electron chi connectivity index (χ1n) is 7.10. The molecule has 0 aromatic carbocycles. The molecule has 0 unspecified atom stereocenters. The minimum Gasteiger partial charge on any atom is -0.481 e. The monoisotopic (exact) mass is 260 g/mol. The molecule has 0 aliphatic heterocycles. The van der Waals surface area contributed by atoms with Crippen LogP contribution >= 0.6 is 12.6 Å². The molecule has 0 aromatic heterocycles. The summed E-state index contributed by atoms with van der Waals surface area (Å²) < 4.78 is 0. The Hall–Kier alpha value is -0.180. The van der Waals surface area contributed by atoms with E-state index < -0.39 is 5.97 Å². The number of aliphatic carboxylic acids is 1. The molecule has 0 saturated carbocycles. The van der Waals surface area contributed by atoms with Gasteiger partial charge in [-0.15, -0.1) is 0 Å². The number of rotatable bonds is 13. The summed E-state index contributed by atoms with van der Waals surface area (Å²) in [5.74, 6) is 0.363. The molecule has 0 atom stereocenters. The van der Waals surface area contributed by atoms with E-state index in [9.17, 15) is 4.79 Å². The molecule has 0 radical (unpaired) electrons. The Bertz CT molecular complexity index is 172. The Kier molecular flexibility index (Phi) is 13.7. The minimum absolute atomic E-state index is 0.338. The first kappa shape index (κ1) is 16.8. The van der Waals surface area contributed by atoms with E-state index in [1.165, 1.54) is 57.8 Å². The minimum atomic E-state index is -0.661. The fourth-order valence-corrected chi connectivity index (χ4v) is 2.20. The fraction of sp³-hybridized carbons (Fsp3) is 0.929. The van der Waals surface area contributed by atoms with Crippen LogP contribution in [0, 0.1) is 0 Å². The zero-order valence-corrected chi connectivity index (χ0v) is 11.9. The molecule has 0 spiro atoms. The number of thiol groups is 1. The van der Waals surface area contributed by atoms with Gasteiger partial charge in [0.2, 0.25) is 0 Å². The van der Waals surface area contributed by atoms with Crippen LogP contribution in [0.1, 0.15) is 77.0 Å². The van der Waals surface area contributed by atoms with Crippen LogP contribution in [0.15, 0.2) is 0 Å². The third-order valence-corrected chi connectivity index (χ3v) is 3.36. The number of unbranched alkanes of at least 4 members (excludes halogenated alkanes) is 10. The van der Waals surface area contributed by atoms with Gasteiger partial charge in [-0.3, -0.25) is 4.79 Å². The van der Waals surface area contributed by atoms with Crippen molar-refractivity contribution in [3.05, 3.63) is 0 Å². The molecule has 0 saturated heterocycles. The van der Waals surface area contributed by atoms with Crippen LogP contribution in [0.2, 0.25) is 0 Å². The first-order chi connectivity index (χ1) is 8.27.